The lowest BCUT2D eigenvalue weighted by molar-refractivity contribution is -0.137. The summed E-state index contributed by atoms with van der Waals surface area (Å²) in [4.78, 5) is 33.0. The summed E-state index contributed by atoms with van der Waals surface area (Å²) >= 11 is 1.58. The van der Waals surface area contributed by atoms with Gasteiger partial charge >= 0.3 is 5.97 Å². The highest BCUT2D eigenvalue weighted by Gasteiger charge is 2.17. The summed E-state index contributed by atoms with van der Waals surface area (Å²) in [5.74, 6) is -0.940. The molecule has 27 heavy (non-hydrogen) atoms. The predicted octanol–water partition coefficient (Wildman–Crippen LogP) is 2.90. The standard InChI is InChI=1S/C19H20N4O3S/c1-10-4-5-13(6-11(10)2)16-12(3)27-19-17(16)18(22-9-23-19)21-7-14(24)20-8-15(25)26/h4-6,9H,7-8H2,1-3H3,(H,20,24)(H,25,26)(H,21,22,23). The van der Waals surface area contributed by atoms with Crippen molar-refractivity contribution >= 4 is 39.2 Å². The first kappa shape index (κ1) is 18.8. The Labute approximate surface area is 160 Å². The number of hydrogen-bond donors (Lipinski definition) is 3. The van der Waals surface area contributed by atoms with Crippen molar-refractivity contribution in [1.82, 2.24) is 15.3 Å². The molecule has 0 bridgehead atoms. The maximum absolute atomic E-state index is 11.8. The Bertz CT molecular complexity index is 1030. The van der Waals surface area contributed by atoms with Gasteiger partial charge in [-0.25, -0.2) is 9.97 Å². The van der Waals surface area contributed by atoms with Gasteiger partial charge in [-0.15, -0.1) is 11.3 Å². The average molecular weight is 384 g/mol. The number of thiophene rings is 1. The van der Waals surface area contributed by atoms with Crippen molar-refractivity contribution in [1.29, 1.82) is 0 Å². The van der Waals surface area contributed by atoms with E-state index in [9.17, 15) is 9.59 Å². The van der Waals surface area contributed by atoms with Crippen LogP contribution in [-0.4, -0.2) is 40.0 Å². The van der Waals surface area contributed by atoms with E-state index >= 15 is 0 Å². The van der Waals surface area contributed by atoms with Crippen molar-refractivity contribution in [2.75, 3.05) is 18.4 Å². The molecule has 0 saturated heterocycles. The second-order valence-electron chi connectivity index (χ2n) is 6.26. The van der Waals surface area contributed by atoms with E-state index in [1.54, 1.807) is 11.3 Å². The number of amides is 1. The summed E-state index contributed by atoms with van der Waals surface area (Å²) in [5.41, 5.74) is 4.55. The van der Waals surface area contributed by atoms with Gasteiger partial charge in [0.1, 0.15) is 23.5 Å². The van der Waals surface area contributed by atoms with Crippen LogP contribution in [0.5, 0.6) is 0 Å². The number of aliphatic carboxylic acids is 1. The summed E-state index contributed by atoms with van der Waals surface area (Å²) in [6.45, 7) is 5.71. The lowest BCUT2D eigenvalue weighted by Crippen LogP contribution is -2.34. The van der Waals surface area contributed by atoms with E-state index in [4.69, 9.17) is 5.11 Å². The van der Waals surface area contributed by atoms with Crippen molar-refractivity contribution in [3.05, 3.63) is 40.5 Å². The van der Waals surface area contributed by atoms with Crippen molar-refractivity contribution in [2.45, 2.75) is 20.8 Å². The summed E-state index contributed by atoms with van der Waals surface area (Å²) < 4.78 is 0. The average Bonchev–Trinajstić information content (AvgIpc) is 2.97. The zero-order chi connectivity index (χ0) is 19.6. The van der Waals surface area contributed by atoms with Crippen LogP contribution in [0, 0.1) is 20.8 Å². The number of aromatic nitrogens is 2. The molecule has 140 valence electrons. The minimum absolute atomic E-state index is 0.0688. The number of carbonyl (C=O) groups is 2. The molecule has 2 aromatic heterocycles. The Morgan fingerprint density at radius 1 is 1.11 bits per heavy atom. The Morgan fingerprint density at radius 2 is 1.89 bits per heavy atom. The molecule has 0 unspecified atom stereocenters. The molecule has 0 aliphatic heterocycles. The van der Waals surface area contributed by atoms with Crippen molar-refractivity contribution < 1.29 is 14.7 Å². The molecular formula is C19H20N4O3S. The molecule has 0 spiro atoms. The number of aryl methyl sites for hydroxylation is 3. The first-order valence-corrected chi connectivity index (χ1v) is 9.22. The maximum atomic E-state index is 11.8. The molecule has 0 atom stereocenters. The molecular weight excluding hydrogens is 364 g/mol. The highest BCUT2D eigenvalue weighted by Crippen LogP contribution is 2.40. The zero-order valence-corrected chi connectivity index (χ0v) is 16.1. The second-order valence-corrected chi connectivity index (χ2v) is 7.46. The quantitative estimate of drug-likeness (QED) is 0.604. The van der Waals surface area contributed by atoms with Gasteiger partial charge in [-0.1, -0.05) is 18.2 Å². The fourth-order valence-corrected chi connectivity index (χ4v) is 3.84. The number of nitrogens with one attached hydrogen (secondary N) is 2. The van der Waals surface area contributed by atoms with E-state index in [0.29, 0.717) is 5.82 Å². The molecule has 2 heterocycles. The van der Waals surface area contributed by atoms with E-state index in [1.165, 1.54) is 17.5 Å². The third-order valence-electron chi connectivity index (χ3n) is 4.31. The Hall–Kier alpha value is -3.00. The van der Waals surface area contributed by atoms with Crippen molar-refractivity contribution in [3.8, 4) is 11.1 Å². The number of nitrogens with zero attached hydrogens (tertiary/aromatic N) is 2. The van der Waals surface area contributed by atoms with Crippen LogP contribution in [0.15, 0.2) is 24.5 Å². The van der Waals surface area contributed by atoms with Crippen molar-refractivity contribution in [3.63, 3.8) is 0 Å². The van der Waals surface area contributed by atoms with Crippen molar-refractivity contribution in [2.24, 2.45) is 0 Å². The first-order valence-electron chi connectivity index (χ1n) is 8.41. The lowest BCUT2D eigenvalue weighted by Gasteiger charge is -2.10. The van der Waals surface area contributed by atoms with Gasteiger partial charge in [0.05, 0.1) is 11.9 Å². The lowest BCUT2D eigenvalue weighted by atomic mass is 9.99. The largest absolute Gasteiger partial charge is 0.480 e. The first-order chi connectivity index (χ1) is 12.9. The molecule has 3 aromatic rings. The van der Waals surface area contributed by atoms with Gasteiger partial charge in [0.2, 0.25) is 5.91 Å². The number of carbonyl (C=O) groups excluding carboxylic acids is 1. The van der Waals surface area contributed by atoms with Gasteiger partial charge in [-0.3, -0.25) is 9.59 Å². The van der Waals surface area contributed by atoms with Crippen LogP contribution in [0.25, 0.3) is 21.3 Å². The summed E-state index contributed by atoms with van der Waals surface area (Å²) in [7, 11) is 0. The molecule has 0 aliphatic carbocycles. The minimum atomic E-state index is -1.08. The summed E-state index contributed by atoms with van der Waals surface area (Å²) in [6, 6.07) is 6.30. The number of carboxylic acid groups (broad SMARTS) is 1. The van der Waals surface area contributed by atoms with Gasteiger partial charge in [0.15, 0.2) is 0 Å². The van der Waals surface area contributed by atoms with E-state index in [0.717, 1.165) is 26.2 Å². The highest BCUT2D eigenvalue weighted by atomic mass is 32.1. The molecule has 1 aromatic carbocycles. The molecule has 0 aliphatic rings. The zero-order valence-electron chi connectivity index (χ0n) is 15.3. The fourth-order valence-electron chi connectivity index (χ4n) is 2.82. The Balaban J connectivity index is 1.96. The predicted molar refractivity (Wildman–Crippen MR) is 106 cm³/mol. The van der Waals surface area contributed by atoms with Crippen LogP contribution in [0.1, 0.15) is 16.0 Å². The Kier molecular flexibility index (Phi) is 5.36. The SMILES string of the molecule is Cc1ccc(-c2c(C)sc3ncnc(NCC(=O)NCC(=O)O)c23)cc1C. The summed E-state index contributed by atoms with van der Waals surface area (Å²) in [5, 5.41) is 14.8. The number of benzene rings is 1. The molecule has 3 rings (SSSR count). The van der Waals surface area contributed by atoms with E-state index in [1.807, 2.05) is 6.92 Å². The van der Waals surface area contributed by atoms with Gasteiger partial charge in [0.25, 0.3) is 0 Å². The number of anilines is 1. The molecule has 7 nitrogen and oxygen atoms in total. The molecule has 0 radical (unpaired) electrons. The van der Waals surface area contributed by atoms with Gasteiger partial charge in [-0.05, 0) is 37.5 Å². The van der Waals surface area contributed by atoms with Crippen LogP contribution < -0.4 is 10.6 Å². The molecule has 0 fully saturated rings. The number of rotatable bonds is 6. The molecule has 8 heteroatoms. The third-order valence-corrected chi connectivity index (χ3v) is 5.33. The van der Waals surface area contributed by atoms with Gasteiger partial charge in [-0.2, -0.15) is 0 Å². The van der Waals surface area contributed by atoms with E-state index in [-0.39, 0.29) is 6.54 Å². The van der Waals surface area contributed by atoms with Crippen LogP contribution in [-0.2, 0) is 9.59 Å². The normalized spacial score (nSPS) is 10.8. The van der Waals surface area contributed by atoms with Crippen LogP contribution in [0.3, 0.4) is 0 Å². The highest BCUT2D eigenvalue weighted by molar-refractivity contribution is 7.19. The van der Waals surface area contributed by atoms with Gasteiger partial charge in [0, 0.05) is 10.4 Å². The summed E-state index contributed by atoms with van der Waals surface area (Å²) in [6.07, 6.45) is 1.46. The molecule has 0 saturated carbocycles. The van der Waals surface area contributed by atoms with Gasteiger partial charge < -0.3 is 15.7 Å². The molecule has 3 N–H and O–H groups in total. The fraction of sp³-hybridized carbons (Fsp3) is 0.263. The Morgan fingerprint density at radius 3 is 2.59 bits per heavy atom. The smallest absolute Gasteiger partial charge is 0.322 e. The van der Waals surface area contributed by atoms with E-state index < -0.39 is 18.4 Å². The maximum Gasteiger partial charge on any atom is 0.322 e. The number of fused-ring (bicyclic) bond motifs is 1. The van der Waals surface area contributed by atoms with Crippen LogP contribution >= 0.6 is 11.3 Å². The molecule has 1 amide bonds. The van der Waals surface area contributed by atoms with E-state index in [2.05, 4.69) is 52.6 Å². The van der Waals surface area contributed by atoms with Crippen LogP contribution in [0.4, 0.5) is 5.82 Å². The third kappa shape index (κ3) is 4.06. The number of hydrogen-bond acceptors (Lipinski definition) is 6. The monoisotopic (exact) mass is 384 g/mol. The second kappa shape index (κ2) is 7.71. The van der Waals surface area contributed by atoms with Crippen LogP contribution in [0.2, 0.25) is 0 Å². The minimum Gasteiger partial charge on any atom is -0.480 e. The number of carboxylic acids is 1. The topological polar surface area (TPSA) is 104 Å².